The van der Waals surface area contributed by atoms with Crippen LogP contribution < -0.4 is 19.7 Å². The molecule has 1 N–H and O–H groups in total. The van der Waals surface area contributed by atoms with Gasteiger partial charge in [-0.1, -0.05) is 54.1 Å². The minimum absolute atomic E-state index is 0.380. The molecule has 3 aromatic carbocycles. The SMILES string of the molecule is COC(=O)CC1OC(c2cccc(OCCCNCCCc3ccccc3)c2OC)c2cc(Cl)ccc2N(CC(=O)OC(C)(C)C)C1=O. The number of halogens is 1. The van der Waals surface area contributed by atoms with E-state index in [4.69, 9.17) is 35.3 Å². The lowest BCUT2D eigenvalue weighted by Gasteiger charge is -2.26. The second-order valence-electron chi connectivity index (χ2n) is 12.4. The van der Waals surface area contributed by atoms with Crippen LogP contribution in [-0.2, 0) is 35.0 Å². The number of ether oxygens (including phenoxy) is 5. The first-order valence-electron chi connectivity index (χ1n) is 16.1. The lowest BCUT2D eigenvalue weighted by molar-refractivity contribution is -0.154. The first-order valence-corrected chi connectivity index (χ1v) is 16.5. The smallest absolute Gasteiger partial charge is 0.326 e. The molecule has 258 valence electrons. The van der Waals surface area contributed by atoms with Crippen molar-refractivity contribution in [3.05, 3.63) is 88.4 Å². The summed E-state index contributed by atoms with van der Waals surface area (Å²) in [7, 11) is 2.76. The highest BCUT2D eigenvalue weighted by molar-refractivity contribution is 6.30. The van der Waals surface area contributed by atoms with Crippen molar-refractivity contribution >= 4 is 35.1 Å². The van der Waals surface area contributed by atoms with Gasteiger partial charge >= 0.3 is 11.9 Å². The molecule has 0 saturated carbocycles. The van der Waals surface area contributed by atoms with Crippen molar-refractivity contribution in [1.82, 2.24) is 5.32 Å². The molecule has 2 atom stereocenters. The summed E-state index contributed by atoms with van der Waals surface area (Å²) in [5.74, 6) is -0.956. The van der Waals surface area contributed by atoms with Gasteiger partial charge in [-0.3, -0.25) is 19.3 Å². The third kappa shape index (κ3) is 10.2. The van der Waals surface area contributed by atoms with E-state index in [-0.39, 0.29) is 6.42 Å². The van der Waals surface area contributed by atoms with Crippen LogP contribution in [0.1, 0.15) is 62.8 Å². The summed E-state index contributed by atoms with van der Waals surface area (Å²) in [6.07, 6.45) is 0.241. The van der Waals surface area contributed by atoms with E-state index in [1.165, 1.54) is 24.7 Å². The van der Waals surface area contributed by atoms with Crippen molar-refractivity contribution in [1.29, 1.82) is 0 Å². The number of anilines is 1. The minimum atomic E-state index is -1.29. The molecule has 0 spiro atoms. The molecule has 10 nitrogen and oxygen atoms in total. The van der Waals surface area contributed by atoms with E-state index in [0.717, 1.165) is 32.4 Å². The Kier molecular flexibility index (Phi) is 13.3. The number of carbonyl (C=O) groups excluding carboxylic acids is 3. The number of amides is 1. The zero-order valence-electron chi connectivity index (χ0n) is 28.3. The molecule has 0 aliphatic carbocycles. The molecular weight excluding hydrogens is 636 g/mol. The van der Waals surface area contributed by atoms with Crippen LogP contribution in [0.2, 0.25) is 5.02 Å². The number of carbonyl (C=O) groups is 3. The summed E-state index contributed by atoms with van der Waals surface area (Å²) < 4.78 is 28.9. The van der Waals surface area contributed by atoms with Crippen molar-refractivity contribution in [2.75, 3.05) is 45.4 Å². The van der Waals surface area contributed by atoms with E-state index in [9.17, 15) is 14.4 Å². The molecule has 3 aromatic rings. The van der Waals surface area contributed by atoms with Crippen LogP contribution in [-0.4, -0.2) is 70.0 Å². The van der Waals surface area contributed by atoms with Crippen molar-refractivity contribution in [2.24, 2.45) is 0 Å². The van der Waals surface area contributed by atoms with E-state index < -0.39 is 42.2 Å². The number of fused-ring (bicyclic) bond motifs is 1. The Labute approximate surface area is 287 Å². The summed E-state index contributed by atoms with van der Waals surface area (Å²) >= 11 is 6.48. The zero-order valence-corrected chi connectivity index (χ0v) is 29.0. The number of esters is 2. The maximum absolute atomic E-state index is 14.0. The summed E-state index contributed by atoms with van der Waals surface area (Å²) in [5.41, 5.74) is 2.00. The molecule has 1 aliphatic heterocycles. The Morgan fingerprint density at radius 2 is 1.69 bits per heavy atom. The molecule has 1 aliphatic rings. The Bertz CT molecular complexity index is 1540. The van der Waals surface area contributed by atoms with Crippen LogP contribution in [0.15, 0.2) is 66.7 Å². The maximum atomic E-state index is 14.0. The van der Waals surface area contributed by atoms with Gasteiger partial charge in [0.1, 0.15) is 24.4 Å². The van der Waals surface area contributed by atoms with Gasteiger partial charge in [0.25, 0.3) is 5.91 Å². The molecule has 0 saturated heterocycles. The topological polar surface area (TPSA) is 113 Å². The lowest BCUT2D eigenvalue weighted by Crippen LogP contribution is -2.44. The number of hydrogen-bond acceptors (Lipinski definition) is 9. The van der Waals surface area contributed by atoms with Gasteiger partial charge in [0.05, 0.1) is 32.9 Å². The normalized spacial score (nSPS) is 16.1. The average molecular weight is 681 g/mol. The number of rotatable bonds is 15. The predicted molar refractivity (Wildman–Crippen MR) is 184 cm³/mol. The van der Waals surface area contributed by atoms with Crippen molar-refractivity contribution < 1.29 is 38.1 Å². The fourth-order valence-electron chi connectivity index (χ4n) is 5.48. The molecular formula is C37H45ClN2O8. The molecule has 4 rings (SSSR count). The van der Waals surface area contributed by atoms with Crippen molar-refractivity contribution in [2.45, 2.75) is 64.3 Å². The average Bonchev–Trinajstić information content (AvgIpc) is 3.15. The van der Waals surface area contributed by atoms with Crippen LogP contribution in [0.5, 0.6) is 11.5 Å². The molecule has 1 heterocycles. The highest BCUT2D eigenvalue weighted by Gasteiger charge is 2.40. The van der Waals surface area contributed by atoms with Gasteiger partial charge in [0, 0.05) is 16.1 Å². The molecule has 0 aromatic heterocycles. The molecule has 1 amide bonds. The molecule has 0 radical (unpaired) electrons. The third-order valence-electron chi connectivity index (χ3n) is 7.60. The number of hydrogen-bond donors (Lipinski definition) is 1. The number of nitrogens with zero attached hydrogens (tertiary/aromatic N) is 1. The molecule has 0 bridgehead atoms. The van der Waals surface area contributed by atoms with E-state index in [1.54, 1.807) is 51.1 Å². The minimum Gasteiger partial charge on any atom is -0.492 e. The molecule has 2 unspecified atom stereocenters. The molecule has 11 heteroatoms. The Balaban J connectivity index is 1.55. The van der Waals surface area contributed by atoms with Crippen LogP contribution in [0, 0.1) is 0 Å². The predicted octanol–water partition coefficient (Wildman–Crippen LogP) is 6.07. The number of para-hydroxylation sites is 1. The summed E-state index contributed by atoms with van der Waals surface area (Å²) in [6, 6.07) is 20.8. The second-order valence-corrected chi connectivity index (χ2v) is 12.9. The first kappa shape index (κ1) is 36.7. The fourth-order valence-corrected chi connectivity index (χ4v) is 5.66. The number of nitrogens with one attached hydrogen (secondary N) is 1. The fraction of sp³-hybridized carbons (Fsp3) is 0.432. The Morgan fingerprint density at radius 1 is 0.938 bits per heavy atom. The summed E-state index contributed by atoms with van der Waals surface area (Å²) in [5, 5.41) is 3.85. The maximum Gasteiger partial charge on any atom is 0.326 e. The number of methoxy groups -OCH3 is 2. The van der Waals surface area contributed by atoms with Gasteiger partial charge < -0.3 is 29.0 Å². The summed E-state index contributed by atoms with van der Waals surface area (Å²) in [4.78, 5) is 40.7. The van der Waals surface area contributed by atoms with Gasteiger partial charge in [-0.2, -0.15) is 0 Å². The van der Waals surface area contributed by atoms with Crippen LogP contribution in [0.4, 0.5) is 5.69 Å². The van der Waals surface area contributed by atoms with Gasteiger partial charge in [-0.25, -0.2) is 0 Å². The van der Waals surface area contributed by atoms with Gasteiger partial charge in [-0.15, -0.1) is 0 Å². The van der Waals surface area contributed by atoms with Gasteiger partial charge in [-0.05, 0) is 83.0 Å². The van der Waals surface area contributed by atoms with E-state index in [0.29, 0.717) is 39.9 Å². The highest BCUT2D eigenvalue weighted by atomic mass is 35.5. The highest BCUT2D eigenvalue weighted by Crippen LogP contribution is 2.45. The van der Waals surface area contributed by atoms with Crippen LogP contribution in [0.3, 0.4) is 0 Å². The van der Waals surface area contributed by atoms with Crippen LogP contribution >= 0.6 is 11.6 Å². The monoisotopic (exact) mass is 680 g/mol. The second kappa shape index (κ2) is 17.3. The van der Waals surface area contributed by atoms with Gasteiger partial charge in [0.15, 0.2) is 11.5 Å². The quantitative estimate of drug-likeness (QED) is 0.151. The number of aryl methyl sites for hydroxylation is 1. The standard InChI is InChI=1S/C37H45ClN2O8/c1-37(2,3)48-33(42)24-40-29-18-17-26(38)22-28(29)34(47-31(36(40)43)23-32(41)44-4)27-15-9-16-30(35(27)45-5)46-21-11-20-39-19-10-14-25-12-7-6-8-13-25/h6-9,12-13,15-18,22,31,34,39H,10-11,14,19-21,23-24H2,1-5H3. The van der Waals surface area contributed by atoms with E-state index in [1.807, 2.05) is 12.1 Å². The first-order chi connectivity index (χ1) is 23.0. The summed E-state index contributed by atoms with van der Waals surface area (Å²) in [6.45, 7) is 6.96. The number of benzene rings is 3. The third-order valence-corrected chi connectivity index (χ3v) is 7.84. The van der Waals surface area contributed by atoms with Crippen molar-refractivity contribution in [3.8, 4) is 11.5 Å². The van der Waals surface area contributed by atoms with Crippen LogP contribution in [0.25, 0.3) is 0 Å². The Morgan fingerprint density at radius 3 is 2.40 bits per heavy atom. The zero-order chi connectivity index (χ0) is 34.7. The van der Waals surface area contributed by atoms with Crippen molar-refractivity contribution in [3.63, 3.8) is 0 Å². The van der Waals surface area contributed by atoms with E-state index in [2.05, 4.69) is 29.6 Å². The largest absolute Gasteiger partial charge is 0.492 e. The lowest BCUT2D eigenvalue weighted by atomic mass is 9.98. The van der Waals surface area contributed by atoms with Gasteiger partial charge in [0.2, 0.25) is 0 Å². The van der Waals surface area contributed by atoms with E-state index >= 15 is 0 Å². The molecule has 48 heavy (non-hydrogen) atoms. The Hall–Kier alpha value is -4.12. The molecule has 0 fully saturated rings.